The summed E-state index contributed by atoms with van der Waals surface area (Å²) >= 11 is 0. The third kappa shape index (κ3) is 2.88. The lowest BCUT2D eigenvalue weighted by atomic mass is 9.78. The minimum absolute atomic E-state index is 0.150. The van der Waals surface area contributed by atoms with Gasteiger partial charge < -0.3 is 15.4 Å². The van der Waals surface area contributed by atoms with Crippen LogP contribution in [0.15, 0.2) is 18.2 Å². The summed E-state index contributed by atoms with van der Waals surface area (Å²) in [7, 11) is 1.37. The lowest BCUT2D eigenvalue weighted by Gasteiger charge is -2.29. The Balaban J connectivity index is 1.81. The highest BCUT2D eigenvalue weighted by Gasteiger charge is 2.40. The highest BCUT2D eigenvalue weighted by molar-refractivity contribution is 5.95. The summed E-state index contributed by atoms with van der Waals surface area (Å²) in [6.07, 6.45) is 3.22. The molecule has 7 heteroatoms. The molecule has 1 aliphatic carbocycles. The Hall–Kier alpha value is -2.15. The number of hydrogen-bond acceptors (Lipinski definition) is 5. The van der Waals surface area contributed by atoms with Gasteiger partial charge >= 0.3 is 5.69 Å². The van der Waals surface area contributed by atoms with E-state index in [1.807, 2.05) is 0 Å². The minimum Gasteiger partial charge on any atom is -0.490 e. The number of nitrogens with zero attached hydrogens (tertiary/aromatic N) is 2. The Morgan fingerprint density at radius 3 is 2.83 bits per heavy atom. The van der Waals surface area contributed by atoms with Gasteiger partial charge in [-0.3, -0.25) is 14.9 Å². The van der Waals surface area contributed by atoms with E-state index in [0.717, 1.165) is 19.3 Å². The molecule has 0 radical (unpaired) electrons. The second kappa shape index (κ2) is 6.16. The molecule has 1 saturated heterocycles. The molecule has 1 saturated carbocycles. The summed E-state index contributed by atoms with van der Waals surface area (Å²) in [4.78, 5) is 25.1. The van der Waals surface area contributed by atoms with E-state index in [1.54, 1.807) is 11.0 Å². The van der Waals surface area contributed by atoms with E-state index in [4.69, 9.17) is 10.5 Å². The van der Waals surface area contributed by atoms with Gasteiger partial charge in [0.2, 0.25) is 0 Å². The van der Waals surface area contributed by atoms with Gasteiger partial charge in [-0.2, -0.15) is 0 Å². The van der Waals surface area contributed by atoms with Crippen LogP contribution in [0.25, 0.3) is 0 Å². The standard InChI is InChI=1S/C16H21N3O4/c1-23-15-6-5-10(7-14(15)19(21)22)16(20)18-8-11-3-2-4-13(17)12(11)9-18/h5-7,11-13H,2-4,8-9,17H2,1H3. The van der Waals surface area contributed by atoms with Crippen LogP contribution in [0.2, 0.25) is 0 Å². The molecule has 3 rings (SSSR count). The van der Waals surface area contributed by atoms with Gasteiger partial charge in [-0.15, -0.1) is 0 Å². The number of nitrogens with two attached hydrogens (primary N) is 1. The van der Waals surface area contributed by atoms with Gasteiger partial charge in [-0.05, 0) is 36.8 Å². The average Bonchev–Trinajstić information content (AvgIpc) is 2.99. The van der Waals surface area contributed by atoms with Crippen molar-refractivity contribution in [3.63, 3.8) is 0 Å². The average molecular weight is 319 g/mol. The van der Waals surface area contributed by atoms with Gasteiger partial charge in [-0.25, -0.2) is 0 Å². The Labute approximate surface area is 134 Å². The van der Waals surface area contributed by atoms with Crippen molar-refractivity contribution in [2.24, 2.45) is 17.6 Å². The Morgan fingerprint density at radius 2 is 2.17 bits per heavy atom. The number of hydrogen-bond donors (Lipinski definition) is 1. The van der Waals surface area contributed by atoms with Crippen molar-refractivity contribution in [3.05, 3.63) is 33.9 Å². The van der Waals surface area contributed by atoms with Gasteiger partial charge in [0.15, 0.2) is 5.75 Å². The van der Waals surface area contributed by atoms with Gasteiger partial charge in [0.05, 0.1) is 12.0 Å². The first-order chi connectivity index (χ1) is 11.0. The van der Waals surface area contributed by atoms with Crippen LogP contribution >= 0.6 is 0 Å². The zero-order valence-electron chi connectivity index (χ0n) is 13.1. The summed E-state index contributed by atoms with van der Waals surface area (Å²) in [6.45, 7) is 1.33. The van der Waals surface area contributed by atoms with Crippen molar-refractivity contribution in [2.45, 2.75) is 25.3 Å². The summed E-state index contributed by atoms with van der Waals surface area (Å²) < 4.78 is 4.97. The van der Waals surface area contributed by atoms with Gasteiger partial charge in [-0.1, -0.05) is 6.42 Å². The molecule has 2 fully saturated rings. The predicted molar refractivity (Wildman–Crippen MR) is 84.4 cm³/mol. The summed E-state index contributed by atoms with van der Waals surface area (Å²) in [5.74, 6) is 0.790. The van der Waals surface area contributed by atoms with Gasteiger partial charge in [0.1, 0.15) is 0 Å². The fourth-order valence-electron chi connectivity index (χ4n) is 3.83. The number of benzene rings is 1. The van der Waals surface area contributed by atoms with Crippen molar-refractivity contribution >= 4 is 11.6 Å². The molecule has 124 valence electrons. The zero-order chi connectivity index (χ0) is 16.6. The van der Waals surface area contributed by atoms with Crippen molar-refractivity contribution in [3.8, 4) is 5.75 Å². The topological polar surface area (TPSA) is 98.7 Å². The molecule has 7 nitrogen and oxygen atoms in total. The SMILES string of the molecule is COc1ccc(C(=O)N2CC3CCCC(N)C3C2)cc1[N+](=O)[O-]. The maximum absolute atomic E-state index is 12.7. The zero-order valence-corrected chi connectivity index (χ0v) is 13.1. The van der Waals surface area contributed by atoms with Crippen LogP contribution in [0.1, 0.15) is 29.6 Å². The number of nitro groups is 1. The fourth-order valence-corrected chi connectivity index (χ4v) is 3.83. The lowest BCUT2D eigenvalue weighted by Crippen LogP contribution is -2.38. The smallest absolute Gasteiger partial charge is 0.311 e. The molecule has 0 aromatic heterocycles. The molecule has 2 N–H and O–H groups in total. The van der Waals surface area contributed by atoms with E-state index in [0.29, 0.717) is 30.5 Å². The number of carbonyl (C=O) groups excluding carboxylic acids is 1. The number of nitro benzene ring substituents is 1. The third-order valence-electron chi connectivity index (χ3n) is 5.06. The molecule has 1 aliphatic heterocycles. The molecule has 23 heavy (non-hydrogen) atoms. The Morgan fingerprint density at radius 1 is 1.39 bits per heavy atom. The van der Waals surface area contributed by atoms with Crippen molar-refractivity contribution < 1.29 is 14.5 Å². The minimum atomic E-state index is -0.532. The highest BCUT2D eigenvalue weighted by atomic mass is 16.6. The second-order valence-electron chi connectivity index (χ2n) is 6.37. The monoisotopic (exact) mass is 319 g/mol. The number of fused-ring (bicyclic) bond motifs is 1. The molecule has 3 atom stereocenters. The van der Waals surface area contributed by atoms with Crippen LogP contribution in [-0.2, 0) is 0 Å². The van der Waals surface area contributed by atoms with E-state index in [-0.39, 0.29) is 23.4 Å². The molecular weight excluding hydrogens is 298 g/mol. The van der Waals surface area contributed by atoms with Crippen molar-refractivity contribution in [1.29, 1.82) is 0 Å². The van der Waals surface area contributed by atoms with Crippen LogP contribution in [0.4, 0.5) is 5.69 Å². The van der Waals surface area contributed by atoms with E-state index < -0.39 is 4.92 Å². The summed E-state index contributed by atoms with van der Waals surface area (Å²) in [6, 6.07) is 4.50. The van der Waals surface area contributed by atoms with Crippen LogP contribution in [0.3, 0.4) is 0 Å². The van der Waals surface area contributed by atoms with E-state index in [2.05, 4.69) is 0 Å². The van der Waals surface area contributed by atoms with Crippen LogP contribution < -0.4 is 10.5 Å². The van der Waals surface area contributed by atoms with Crippen molar-refractivity contribution in [1.82, 2.24) is 4.90 Å². The molecule has 0 bridgehead atoms. The fraction of sp³-hybridized carbons (Fsp3) is 0.562. The molecule has 1 aromatic rings. The third-order valence-corrected chi connectivity index (χ3v) is 5.06. The molecule has 1 heterocycles. The summed E-state index contributed by atoms with van der Waals surface area (Å²) in [5.41, 5.74) is 6.31. The van der Waals surface area contributed by atoms with Crippen molar-refractivity contribution in [2.75, 3.05) is 20.2 Å². The number of methoxy groups -OCH3 is 1. The normalized spacial score (nSPS) is 26.7. The first kappa shape index (κ1) is 15.7. The van der Waals surface area contributed by atoms with Gasteiger partial charge in [0.25, 0.3) is 5.91 Å². The van der Waals surface area contributed by atoms with E-state index in [1.165, 1.54) is 19.2 Å². The number of carbonyl (C=O) groups is 1. The first-order valence-electron chi connectivity index (χ1n) is 7.88. The molecule has 1 aromatic carbocycles. The molecule has 1 amide bonds. The van der Waals surface area contributed by atoms with E-state index >= 15 is 0 Å². The quantitative estimate of drug-likeness (QED) is 0.676. The van der Waals surface area contributed by atoms with Gasteiger partial charge in [0, 0.05) is 30.8 Å². The van der Waals surface area contributed by atoms with Crippen LogP contribution in [0.5, 0.6) is 5.75 Å². The van der Waals surface area contributed by atoms with E-state index in [9.17, 15) is 14.9 Å². The van der Waals surface area contributed by atoms with Crippen LogP contribution in [0, 0.1) is 22.0 Å². The molecular formula is C16H21N3O4. The number of ether oxygens (including phenoxy) is 1. The lowest BCUT2D eigenvalue weighted by molar-refractivity contribution is -0.385. The number of likely N-dealkylation sites (tertiary alicyclic amines) is 1. The highest BCUT2D eigenvalue weighted by Crippen LogP contribution is 2.36. The molecule has 2 aliphatic rings. The predicted octanol–water partition coefficient (Wildman–Crippen LogP) is 1.80. The second-order valence-corrected chi connectivity index (χ2v) is 6.37. The Bertz CT molecular complexity index is 634. The largest absolute Gasteiger partial charge is 0.490 e. The molecule has 3 unspecified atom stereocenters. The first-order valence-corrected chi connectivity index (χ1v) is 7.88. The molecule has 0 spiro atoms. The maximum atomic E-state index is 12.7. The number of rotatable bonds is 3. The summed E-state index contributed by atoms with van der Waals surface area (Å²) in [5, 5.41) is 11.1. The van der Waals surface area contributed by atoms with Crippen LogP contribution in [-0.4, -0.2) is 42.0 Å². The number of amides is 1. The maximum Gasteiger partial charge on any atom is 0.311 e. The Kier molecular flexibility index (Phi) is 4.21.